The molecule has 2 unspecified atom stereocenters. The van der Waals surface area contributed by atoms with Crippen molar-refractivity contribution in [3.05, 3.63) is 0 Å². The first-order valence-electron chi connectivity index (χ1n) is 4.43. The predicted molar refractivity (Wildman–Crippen MR) is 43.0 cm³/mol. The van der Waals surface area contributed by atoms with Crippen LogP contribution >= 0.6 is 0 Å². The Balaban J connectivity index is 2.10. The molecule has 1 aliphatic rings. The van der Waals surface area contributed by atoms with E-state index in [4.69, 9.17) is 4.74 Å². The van der Waals surface area contributed by atoms with E-state index >= 15 is 0 Å². The summed E-state index contributed by atoms with van der Waals surface area (Å²) in [5, 5.41) is 0. The number of ether oxygens (including phenoxy) is 1. The molecule has 0 aromatic rings. The van der Waals surface area contributed by atoms with Crippen LogP contribution in [0.1, 0.15) is 40.0 Å². The summed E-state index contributed by atoms with van der Waals surface area (Å²) in [6.45, 7) is 6.69. The second kappa shape index (κ2) is 3.38. The van der Waals surface area contributed by atoms with E-state index in [0.717, 1.165) is 5.92 Å². The van der Waals surface area contributed by atoms with Crippen molar-refractivity contribution in [1.29, 1.82) is 0 Å². The second-order valence-electron chi connectivity index (χ2n) is 3.30. The fourth-order valence-corrected chi connectivity index (χ4v) is 1.43. The monoisotopic (exact) mass is 142 g/mol. The lowest BCUT2D eigenvalue weighted by Crippen LogP contribution is -2.02. The van der Waals surface area contributed by atoms with Crippen LogP contribution in [-0.4, -0.2) is 12.2 Å². The third-order valence-corrected chi connectivity index (χ3v) is 2.56. The van der Waals surface area contributed by atoms with Gasteiger partial charge in [0.1, 0.15) is 0 Å². The van der Waals surface area contributed by atoms with Crippen molar-refractivity contribution in [2.75, 3.05) is 0 Å². The van der Waals surface area contributed by atoms with Gasteiger partial charge in [-0.3, -0.25) is 0 Å². The first kappa shape index (κ1) is 8.06. The van der Waals surface area contributed by atoms with Crippen LogP contribution in [0.5, 0.6) is 0 Å². The molecule has 0 aliphatic carbocycles. The molecular weight excluding hydrogens is 124 g/mol. The van der Waals surface area contributed by atoms with Crippen molar-refractivity contribution in [3.63, 3.8) is 0 Å². The van der Waals surface area contributed by atoms with Crippen LogP contribution in [0.4, 0.5) is 0 Å². The minimum atomic E-state index is 0.556. The Kier molecular flexibility index (Phi) is 2.72. The van der Waals surface area contributed by atoms with Gasteiger partial charge in [0.25, 0.3) is 0 Å². The van der Waals surface area contributed by atoms with E-state index in [1.165, 1.54) is 19.3 Å². The molecule has 1 nitrogen and oxygen atoms in total. The highest BCUT2D eigenvalue weighted by molar-refractivity contribution is 4.82. The Morgan fingerprint density at radius 3 is 2.10 bits per heavy atom. The van der Waals surface area contributed by atoms with E-state index < -0.39 is 0 Å². The summed E-state index contributed by atoms with van der Waals surface area (Å²) in [7, 11) is 0. The van der Waals surface area contributed by atoms with Crippen LogP contribution in [0.2, 0.25) is 0 Å². The van der Waals surface area contributed by atoms with Crippen molar-refractivity contribution in [3.8, 4) is 0 Å². The molecule has 1 rings (SSSR count). The van der Waals surface area contributed by atoms with Gasteiger partial charge in [-0.05, 0) is 19.3 Å². The van der Waals surface area contributed by atoms with Crippen LogP contribution < -0.4 is 0 Å². The molecule has 2 atom stereocenters. The van der Waals surface area contributed by atoms with Gasteiger partial charge in [0.05, 0.1) is 12.2 Å². The van der Waals surface area contributed by atoms with Crippen molar-refractivity contribution >= 4 is 0 Å². The van der Waals surface area contributed by atoms with E-state index in [1.54, 1.807) is 0 Å². The van der Waals surface area contributed by atoms with Crippen molar-refractivity contribution in [2.45, 2.75) is 52.2 Å². The molecule has 1 fully saturated rings. The Bertz CT molecular complexity index is 96.9. The zero-order chi connectivity index (χ0) is 7.56. The third-order valence-electron chi connectivity index (χ3n) is 2.56. The lowest BCUT2D eigenvalue weighted by atomic mass is 9.97. The van der Waals surface area contributed by atoms with E-state index in [9.17, 15) is 0 Å². The van der Waals surface area contributed by atoms with Gasteiger partial charge in [0.2, 0.25) is 0 Å². The number of hydrogen-bond donors (Lipinski definition) is 0. The highest BCUT2D eigenvalue weighted by Gasteiger charge is 2.34. The van der Waals surface area contributed by atoms with Crippen LogP contribution in [0.25, 0.3) is 0 Å². The Hall–Kier alpha value is -0.0400. The molecular formula is C9H18O. The molecule has 0 bridgehead atoms. The summed E-state index contributed by atoms with van der Waals surface area (Å²) in [5.41, 5.74) is 0. The molecule has 0 aromatic carbocycles. The fourth-order valence-electron chi connectivity index (χ4n) is 1.43. The van der Waals surface area contributed by atoms with Gasteiger partial charge >= 0.3 is 0 Å². The third kappa shape index (κ3) is 1.98. The van der Waals surface area contributed by atoms with E-state index in [0.29, 0.717) is 12.2 Å². The van der Waals surface area contributed by atoms with Crippen molar-refractivity contribution in [2.24, 2.45) is 5.92 Å². The Morgan fingerprint density at radius 2 is 1.80 bits per heavy atom. The lowest BCUT2D eigenvalue weighted by molar-refractivity contribution is 0.331. The van der Waals surface area contributed by atoms with Crippen LogP contribution in [0, 0.1) is 5.92 Å². The molecule has 0 amide bonds. The maximum atomic E-state index is 5.35. The second-order valence-corrected chi connectivity index (χ2v) is 3.30. The van der Waals surface area contributed by atoms with Gasteiger partial charge in [-0.25, -0.2) is 0 Å². The maximum absolute atomic E-state index is 5.35. The summed E-state index contributed by atoms with van der Waals surface area (Å²) in [6, 6.07) is 0. The molecule has 1 aliphatic heterocycles. The largest absolute Gasteiger partial charge is 0.370 e. The molecule has 0 spiro atoms. The average molecular weight is 142 g/mol. The zero-order valence-corrected chi connectivity index (χ0v) is 7.26. The minimum absolute atomic E-state index is 0.556. The Labute approximate surface area is 63.8 Å². The molecule has 1 heteroatoms. The van der Waals surface area contributed by atoms with E-state index in [1.807, 2.05) is 0 Å². The molecule has 0 radical (unpaired) electrons. The van der Waals surface area contributed by atoms with Crippen LogP contribution in [-0.2, 0) is 4.74 Å². The van der Waals surface area contributed by atoms with Crippen molar-refractivity contribution in [1.82, 2.24) is 0 Å². The van der Waals surface area contributed by atoms with Crippen molar-refractivity contribution < 1.29 is 4.74 Å². The first-order valence-corrected chi connectivity index (χ1v) is 4.43. The number of rotatable bonds is 4. The summed E-state index contributed by atoms with van der Waals surface area (Å²) in [4.78, 5) is 0. The molecule has 0 saturated carbocycles. The highest BCUT2D eigenvalue weighted by atomic mass is 16.6. The smallest absolute Gasteiger partial charge is 0.0841 e. The molecule has 60 valence electrons. The standard InChI is InChI=1S/C9H18O/c1-4-8(5-2)6-9-7(3)10-9/h7-9H,4-6H2,1-3H3. The van der Waals surface area contributed by atoms with Gasteiger partial charge < -0.3 is 4.74 Å². The van der Waals surface area contributed by atoms with Gasteiger partial charge in [-0.15, -0.1) is 0 Å². The predicted octanol–water partition coefficient (Wildman–Crippen LogP) is 2.60. The number of epoxide rings is 1. The van der Waals surface area contributed by atoms with Gasteiger partial charge in [-0.2, -0.15) is 0 Å². The molecule has 1 saturated heterocycles. The summed E-state index contributed by atoms with van der Waals surface area (Å²) >= 11 is 0. The summed E-state index contributed by atoms with van der Waals surface area (Å²) in [5.74, 6) is 0.898. The first-order chi connectivity index (χ1) is 4.77. The topological polar surface area (TPSA) is 12.5 Å². The molecule has 1 heterocycles. The SMILES string of the molecule is CCC(CC)CC1OC1C. The van der Waals surface area contributed by atoms with Gasteiger partial charge in [-0.1, -0.05) is 26.7 Å². The highest BCUT2D eigenvalue weighted by Crippen LogP contribution is 2.30. The lowest BCUT2D eigenvalue weighted by Gasteiger charge is -2.08. The average Bonchev–Trinajstić information content (AvgIpc) is 2.62. The summed E-state index contributed by atoms with van der Waals surface area (Å²) in [6.07, 6.45) is 5.06. The minimum Gasteiger partial charge on any atom is -0.370 e. The summed E-state index contributed by atoms with van der Waals surface area (Å²) < 4.78 is 5.35. The van der Waals surface area contributed by atoms with E-state index in [-0.39, 0.29) is 0 Å². The van der Waals surface area contributed by atoms with Gasteiger partial charge in [0.15, 0.2) is 0 Å². The Morgan fingerprint density at radius 1 is 1.30 bits per heavy atom. The number of hydrogen-bond acceptors (Lipinski definition) is 1. The molecule has 0 N–H and O–H groups in total. The van der Waals surface area contributed by atoms with Gasteiger partial charge in [0, 0.05) is 0 Å². The normalized spacial score (nSPS) is 31.2. The van der Waals surface area contributed by atoms with E-state index in [2.05, 4.69) is 20.8 Å². The quantitative estimate of drug-likeness (QED) is 0.550. The zero-order valence-electron chi connectivity index (χ0n) is 7.26. The maximum Gasteiger partial charge on any atom is 0.0841 e. The molecule has 0 aromatic heterocycles. The van der Waals surface area contributed by atoms with Crippen LogP contribution in [0.3, 0.4) is 0 Å². The fraction of sp³-hybridized carbons (Fsp3) is 1.00. The van der Waals surface area contributed by atoms with Crippen LogP contribution in [0.15, 0.2) is 0 Å². The molecule has 10 heavy (non-hydrogen) atoms.